The van der Waals surface area contributed by atoms with Crippen LogP contribution in [0, 0.1) is 6.92 Å². The Morgan fingerprint density at radius 3 is 2.33 bits per heavy atom. The van der Waals surface area contributed by atoms with Gasteiger partial charge in [0.2, 0.25) is 10.0 Å². The minimum absolute atomic E-state index is 0.0599. The number of nitrogens with two attached hydrogens (primary N) is 1. The van der Waals surface area contributed by atoms with Crippen molar-refractivity contribution in [2.75, 3.05) is 0 Å². The summed E-state index contributed by atoms with van der Waals surface area (Å²) in [6.45, 7) is 1.72. The number of aryl methyl sites for hydroxylation is 1. The molecule has 1 aliphatic carbocycles. The van der Waals surface area contributed by atoms with Crippen LogP contribution in [0.5, 0.6) is 0 Å². The first kappa shape index (κ1) is 16.0. The van der Waals surface area contributed by atoms with Crippen LogP contribution >= 0.6 is 0 Å². The van der Waals surface area contributed by atoms with E-state index < -0.39 is 16.0 Å². The maximum atomic E-state index is 12.2. The summed E-state index contributed by atoms with van der Waals surface area (Å²) < 4.78 is 28.3. The summed E-state index contributed by atoms with van der Waals surface area (Å²) in [4.78, 5) is 12.1. The van der Waals surface area contributed by atoms with E-state index in [0.717, 1.165) is 25.7 Å². The summed E-state index contributed by atoms with van der Waals surface area (Å²) in [5, 5.41) is 5.12. The molecule has 0 unspecified atom stereocenters. The predicted octanol–water partition coefficient (Wildman–Crippen LogP) is 2.52. The number of carbonyl (C=O) groups is 1. The van der Waals surface area contributed by atoms with Crippen LogP contribution in [-0.4, -0.2) is 20.5 Å². The molecule has 2 N–H and O–H groups in total. The van der Waals surface area contributed by atoms with E-state index >= 15 is 0 Å². The molecule has 21 heavy (non-hydrogen) atoms. The molecule has 6 heteroatoms. The van der Waals surface area contributed by atoms with Gasteiger partial charge in [-0.15, -0.1) is 0 Å². The van der Waals surface area contributed by atoms with E-state index in [4.69, 9.17) is 9.88 Å². The monoisotopic (exact) mass is 311 g/mol. The normalized spacial score (nSPS) is 17.2. The van der Waals surface area contributed by atoms with Gasteiger partial charge in [0.25, 0.3) is 0 Å². The Kier molecular flexibility index (Phi) is 5.00. The molecule has 1 aromatic carbocycles. The predicted molar refractivity (Wildman–Crippen MR) is 79.5 cm³/mol. The van der Waals surface area contributed by atoms with E-state index in [-0.39, 0.29) is 16.6 Å². The Morgan fingerprint density at radius 2 is 1.76 bits per heavy atom. The standard InChI is InChI=1S/C15H21NO4S/c1-11-8-12(10-14(9-11)21(16,18)19)15(17)20-13-6-4-2-3-5-7-13/h8-10,13H,2-7H2,1H3,(H2,16,18,19). The second-order valence-corrected chi connectivity index (χ2v) is 7.16. The topological polar surface area (TPSA) is 86.5 Å². The lowest BCUT2D eigenvalue weighted by Crippen LogP contribution is -2.19. The summed E-state index contributed by atoms with van der Waals surface area (Å²) >= 11 is 0. The molecule has 1 saturated carbocycles. The number of esters is 1. The van der Waals surface area contributed by atoms with Gasteiger partial charge in [0.05, 0.1) is 10.5 Å². The second kappa shape index (κ2) is 6.58. The van der Waals surface area contributed by atoms with E-state index in [2.05, 4.69) is 0 Å². The molecule has 0 bridgehead atoms. The summed E-state index contributed by atoms with van der Waals surface area (Å²) in [7, 11) is -3.83. The van der Waals surface area contributed by atoms with Crippen molar-refractivity contribution in [2.24, 2.45) is 5.14 Å². The fourth-order valence-electron chi connectivity index (χ4n) is 2.61. The van der Waals surface area contributed by atoms with Crippen LogP contribution in [0.4, 0.5) is 0 Å². The molecule has 1 aromatic rings. The zero-order chi connectivity index (χ0) is 15.5. The lowest BCUT2D eigenvalue weighted by Gasteiger charge is -2.16. The van der Waals surface area contributed by atoms with E-state index in [1.165, 1.54) is 25.0 Å². The summed E-state index contributed by atoms with van der Waals surface area (Å²) in [6, 6.07) is 4.34. The third-order valence-electron chi connectivity index (χ3n) is 3.69. The second-order valence-electron chi connectivity index (χ2n) is 5.60. The number of hydrogen-bond donors (Lipinski definition) is 1. The van der Waals surface area contributed by atoms with Gasteiger partial charge in [-0.25, -0.2) is 18.4 Å². The van der Waals surface area contributed by atoms with Gasteiger partial charge in [-0.3, -0.25) is 0 Å². The molecule has 1 fully saturated rings. The first-order valence-electron chi connectivity index (χ1n) is 7.22. The third-order valence-corrected chi connectivity index (χ3v) is 4.58. The van der Waals surface area contributed by atoms with Crippen molar-refractivity contribution in [1.29, 1.82) is 0 Å². The van der Waals surface area contributed by atoms with Gasteiger partial charge < -0.3 is 4.74 Å². The molecular weight excluding hydrogens is 290 g/mol. The van der Waals surface area contributed by atoms with E-state index in [9.17, 15) is 13.2 Å². The molecule has 0 atom stereocenters. The number of sulfonamides is 1. The van der Waals surface area contributed by atoms with Crippen LogP contribution in [0.3, 0.4) is 0 Å². The molecule has 0 radical (unpaired) electrons. The molecule has 0 aliphatic heterocycles. The van der Waals surface area contributed by atoms with Gasteiger partial charge in [0.1, 0.15) is 6.10 Å². The fourth-order valence-corrected chi connectivity index (χ4v) is 3.25. The molecule has 0 spiro atoms. The summed E-state index contributed by atoms with van der Waals surface area (Å²) in [5.74, 6) is -0.476. The van der Waals surface area contributed by atoms with Gasteiger partial charge >= 0.3 is 5.97 Å². The van der Waals surface area contributed by atoms with Crippen molar-refractivity contribution in [3.63, 3.8) is 0 Å². The smallest absolute Gasteiger partial charge is 0.338 e. The summed E-state index contributed by atoms with van der Waals surface area (Å²) in [5.41, 5.74) is 0.901. The van der Waals surface area contributed by atoms with E-state index in [0.29, 0.717) is 5.56 Å². The van der Waals surface area contributed by atoms with Gasteiger partial charge in [0, 0.05) is 0 Å². The van der Waals surface area contributed by atoms with Crippen LogP contribution in [0.25, 0.3) is 0 Å². The molecule has 0 amide bonds. The molecule has 5 nitrogen and oxygen atoms in total. The highest BCUT2D eigenvalue weighted by atomic mass is 32.2. The molecule has 1 aliphatic rings. The molecule has 0 aromatic heterocycles. The van der Waals surface area contributed by atoms with Crippen LogP contribution in [0.1, 0.15) is 54.4 Å². The van der Waals surface area contributed by atoms with Crippen molar-refractivity contribution in [3.05, 3.63) is 29.3 Å². The van der Waals surface area contributed by atoms with Crippen molar-refractivity contribution >= 4 is 16.0 Å². The molecule has 2 rings (SSSR count). The maximum Gasteiger partial charge on any atom is 0.338 e. The quantitative estimate of drug-likeness (QED) is 0.686. The maximum absolute atomic E-state index is 12.2. The van der Waals surface area contributed by atoms with Crippen molar-refractivity contribution < 1.29 is 17.9 Å². The van der Waals surface area contributed by atoms with Gasteiger partial charge in [-0.05, 0) is 56.4 Å². The molecule has 0 saturated heterocycles. The first-order chi connectivity index (χ1) is 9.86. The summed E-state index contributed by atoms with van der Waals surface area (Å²) in [6.07, 6.45) is 6.16. The zero-order valence-electron chi connectivity index (χ0n) is 12.2. The van der Waals surface area contributed by atoms with Crippen molar-refractivity contribution in [1.82, 2.24) is 0 Å². The average molecular weight is 311 g/mol. The lowest BCUT2D eigenvalue weighted by molar-refractivity contribution is 0.0267. The lowest BCUT2D eigenvalue weighted by atomic mass is 10.1. The Bertz CT molecular complexity index is 617. The van der Waals surface area contributed by atoms with Crippen LogP contribution in [0.15, 0.2) is 23.1 Å². The first-order valence-corrected chi connectivity index (χ1v) is 8.76. The van der Waals surface area contributed by atoms with Crippen molar-refractivity contribution in [3.8, 4) is 0 Å². The third kappa shape index (κ3) is 4.54. The Morgan fingerprint density at radius 1 is 1.14 bits per heavy atom. The molecule has 0 heterocycles. The number of benzene rings is 1. The fraction of sp³-hybridized carbons (Fsp3) is 0.533. The minimum Gasteiger partial charge on any atom is -0.459 e. The van der Waals surface area contributed by atoms with Crippen LogP contribution in [-0.2, 0) is 14.8 Å². The van der Waals surface area contributed by atoms with E-state index in [1.807, 2.05) is 0 Å². The Hall–Kier alpha value is -1.40. The minimum atomic E-state index is -3.83. The Labute approximate surface area is 125 Å². The molecule has 116 valence electrons. The van der Waals surface area contributed by atoms with Gasteiger partial charge in [-0.1, -0.05) is 12.8 Å². The van der Waals surface area contributed by atoms with Crippen LogP contribution < -0.4 is 5.14 Å². The van der Waals surface area contributed by atoms with Crippen LogP contribution in [0.2, 0.25) is 0 Å². The number of carbonyl (C=O) groups excluding carboxylic acids is 1. The number of ether oxygens (including phenoxy) is 1. The van der Waals surface area contributed by atoms with Crippen molar-refractivity contribution in [2.45, 2.75) is 56.4 Å². The van der Waals surface area contributed by atoms with E-state index in [1.54, 1.807) is 13.0 Å². The van der Waals surface area contributed by atoms with Gasteiger partial charge in [-0.2, -0.15) is 0 Å². The highest BCUT2D eigenvalue weighted by Gasteiger charge is 2.19. The number of primary sulfonamides is 1. The highest BCUT2D eigenvalue weighted by molar-refractivity contribution is 7.89. The average Bonchev–Trinajstić information content (AvgIpc) is 2.65. The highest BCUT2D eigenvalue weighted by Crippen LogP contribution is 2.22. The largest absolute Gasteiger partial charge is 0.459 e. The van der Waals surface area contributed by atoms with Gasteiger partial charge in [0.15, 0.2) is 0 Å². The number of hydrogen-bond acceptors (Lipinski definition) is 4. The zero-order valence-corrected chi connectivity index (χ0v) is 13.0. The molecular formula is C15H21NO4S. The number of rotatable bonds is 3. The SMILES string of the molecule is Cc1cc(C(=O)OC2CCCCCC2)cc(S(N)(=O)=O)c1. The Balaban J connectivity index is 2.17.